The van der Waals surface area contributed by atoms with E-state index in [0.717, 1.165) is 43.6 Å². The summed E-state index contributed by atoms with van der Waals surface area (Å²) >= 11 is 0. The van der Waals surface area contributed by atoms with Gasteiger partial charge in [-0.3, -0.25) is 4.99 Å². The van der Waals surface area contributed by atoms with Gasteiger partial charge in [-0.25, -0.2) is 0 Å². The van der Waals surface area contributed by atoms with Crippen molar-refractivity contribution in [3.63, 3.8) is 0 Å². The van der Waals surface area contributed by atoms with Crippen molar-refractivity contribution in [2.75, 3.05) is 13.1 Å². The Labute approximate surface area is 129 Å². The standard InChI is InChI=1S/C17H33N3O/c1-4-18-16(19-12-17(21)10-5-11-17)20-15-8-6-14(7-9-15)13(2)3/h13-15,21H,4-12H2,1-3H3,(H2,18,19,20). The average Bonchev–Trinajstić information content (AvgIpc) is 2.43. The monoisotopic (exact) mass is 295 g/mol. The molecule has 2 aliphatic rings. The molecule has 3 N–H and O–H groups in total. The van der Waals surface area contributed by atoms with Gasteiger partial charge in [0.15, 0.2) is 5.96 Å². The summed E-state index contributed by atoms with van der Waals surface area (Å²) in [6, 6.07) is 0.536. The van der Waals surface area contributed by atoms with Gasteiger partial charge >= 0.3 is 0 Å². The lowest BCUT2D eigenvalue weighted by atomic mass is 9.80. The Morgan fingerprint density at radius 2 is 1.90 bits per heavy atom. The van der Waals surface area contributed by atoms with Crippen molar-refractivity contribution in [3.8, 4) is 0 Å². The molecule has 2 fully saturated rings. The molecule has 0 aromatic rings. The average molecular weight is 295 g/mol. The summed E-state index contributed by atoms with van der Waals surface area (Å²) < 4.78 is 0. The molecule has 0 amide bonds. The third-order valence-corrected chi connectivity index (χ3v) is 5.22. The van der Waals surface area contributed by atoms with E-state index in [1.807, 2.05) is 0 Å². The van der Waals surface area contributed by atoms with E-state index >= 15 is 0 Å². The number of guanidine groups is 1. The number of aliphatic imine (C=N–C) groups is 1. The Morgan fingerprint density at radius 3 is 2.38 bits per heavy atom. The molecule has 0 aromatic heterocycles. The highest BCUT2D eigenvalue weighted by atomic mass is 16.3. The minimum Gasteiger partial charge on any atom is -0.388 e. The number of rotatable bonds is 5. The Balaban J connectivity index is 1.81. The second kappa shape index (κ2) is 7.48. The van der Waals surface area contributed by atoms with E-state index in [1.54, 1.807) is 0 Å². The zero-order valence-electron chi connectivity index (χ0n) is 14.0. The quantitative estimate of drug-likeness (QED) is 0.540. The van der Waals surface area contributed by atoms with Crippen LogP contribution in [0.25, 0.3) is 0 Å². The zero-order chi connectivity index (χ0) is 15.3. The Bertz CT molecular complexity index is 342. The highest BCUT2D eigenvalue weighted by molar-refractivity contribution is 5.80. The van der Waals surface area contributed by atoms with E-state index in [-0.39, 0.29) is 0 Å². The van der Waals surface area contributed by atoms with Crippen molar-refractivity contribution < 1.29 is 5.11 Å². The largest absolute Gasteiger partial charge is 0.388 e. The van der Waals surface area contributed by atoms with E-state index in [4.69, 9.17) is 0 Å². The van der Waals surface area contributed by atoms with E-state index < -0.39 is 5.60 Å². The number of nitrogens with zero attached hydrogens (tertiary/aromatic N) is 1. The van der Waals surface area contributed by atoms with Crippen molar-refractivity contribution in [2.24, 2.45) is 16.8 Å². The maximum atomic E-state index is 10.2. The molecule has 122 valence electrons. The van der Waals surface area contributed by atoms with Gasteiger partial charge in [0.05, 0.1) is 12.1 Å². The topological polar surface area (TPSA) is 56.7 Å². The second-order valence-electron chi connectivity index (χ2n) is 7.27. The first-order valence-electron chi connectivity index (χ1n) is 8.79. The first-order chi connectivity index (χ1) is 10.0. The third-order valence-electron chi connectivity index (χ3n) is 5.22. The predicted molar refractivity (Wildman–Crippen MR) is 88.5 cm³/mol. The Hall–Kier alpha value is -0.770. The minimum absolute atomic E-state index is 0.530. The molecule has 0 atom stereocenters. The van der Waals surface area contributed by atoms with Crippen LogP contribution in [-0.4, -0.2) is 35.8 Å². The van der Waals surface area contributed by atoms with Crippen LogP contribution < -0.4 is 10.6 Å². The predicted octanol–water partition coefficient (Wildman–Crippen LogP) is 2.67. The molecule has 2 rings (SSSR count). The lowest BCUT2D eigenvalue weighted by molar-refractivity contribution is -0.0236. The molecule has 0 unspecified atom stereocenters. The van der Waals surface area contributed by atoms with Crippen LogP contribution >= 0.6 is 0 Å². The number of hydrogen-bond acceptors (Lipinski definition) is 2. The molecule has 0 heterocycles. The van der Waals surface area contributed by atoms with E-state index in [1.165, 1.54) is 25.7 Å². The van der Waals surface area contributed by atoms with Gasteiger partial charge in [-0.1, -0.05) is 13.8 Å². The Morgan fingerprint density at radius 1 is 1.24 bits per heavy atom. The number of aliphatic hydroxyl groups is 1. The smallest absolute Gasteiger partial charge is 0.191 e. The summed E-state index contributed by atoms with van der Waals surface area (Å²) in [5, 5.41) is 17.0. The van der Waals surface area contributed by atoms with Crippen LogP contribution in [0, 0.1) is 11.8 Å². The van der Waals surface area contributed by atoms with Gasteiger partial charge in [0.1, 0.15) is 0 Å². The minimum atomic E-state index is -0.530. The molecule has 0 saturated heterocycles. The van der Waals surface area contributed by atoms with E-state index in [0.29, 0.717) is 12.6 Å². The lowest BCUT2D eigenvalue weighted by Gasteiger charge is -2.35. The van der Waals surface area contributed by atoms with Gasteiger partial charge in [-0.05, 0) is 63.7 Å². The molecule has 2 saturated carbocycles. The number of nitrogens with one attached hydrogen (secondary N) is 2. The Kier molecular flexibility index (Phi) is 5.91. The van der Waals surface area contributed by atoms with Crippen molar-refractivity contribution in [2.45, 2.75) is 77.4 Å². The molecule has 0 bridgehead atoms. The van der Waals surface area contributed by atoms with Crippen LogP contribution in [0.5, 0.6) is 0 Å². The van der Waals surface area contributed by atoms with Crippen LogP contribution in [-0.2, 0) is 0 Å². The molecule has 0 aromatic carbocycles. The maximum absolute atomic E-state index is 10.2. The van der Waals surface area contributed by atoms with Crippen molar-refractivity contribution in [1.82, 2.24) is 10.6 Å². The summed E-state index contributed by atoms with van der Waals surface area (Å²) in [5.74, 6) is 2.57. The van der Waals surface area contributed by atoms with Crippen molar-refractivity contribution >= 4 is 5.96 Å². The van der Waals surface area contributed by atoms with Crippen LogP contribution in [0.15, 0.2) is 4.99 Å². The SMILES string of the molecule is CCNC(=NCC1(O)CCC1)NC1CCC(C(C)C)CC1. The molecule has 0 radical (unpaired) electrons. The van der Waals surface area contributed by atoms with Crippen LogP contribution in [0.4, 0.5) is 0 Å². The fraction of sp³-hybridized carbons (Fsp3) is 0.941. The molecule has 0 aliphatic heterocycles. The van der Waals surface area contributed by atoms with Crippen molar-refractivity contribution in [1.29, 1.82) is 0 Å². The summed E-state index contributed by atoms with van der Waals surface area (Å²) in [6.45, 7) is 8.16. The van der Waals surface area contributed by atoms with Gasteiger partial charge in [0.25, 0.3) is 0 Å². The summed E-state index contributed by atoms with van der Waals surface area (Å²) in [5.41, 5.74) is -0.530. The highest BCUT2D eigenvalue weighted by Gasteiger charge is 2.34. The van der Waals surface area contributed by atoms with Gasteiger partial charge in [-0.2, -0.15) is 0 Å². The third kappa shape index (κ3) is 4.87. The van der Waals surface area contributed by atoms with Gasteiger partial charge in [0.2, 0.25) is 0 Å². The summed E-state index contributed by atoms with van der Waals surface area (Å²) in [6.07, 6.45) is 8.03. The summed E-state index contributed by atoms with van der Waals surface area (Å²) in [7, 11) is 0. The molecular weight excluding hydrogens is 262 g/mol. The lowest BCUT2D eigenvalue weighted by Crippen LogP contribution is -2.47. The number of hydrogen-bond donors (Lipinski definition) is 3. The van der Waals surface area contributed by atoms with Gasteiger partial charge in [0, 0.05) is 12.6 Å². The normalized spacial score (nSPS) is 29.1. The highest BCUT2D eigenvalue weighted by Crippen LogP contribution is 2.32. The van der Waals surface area contributed by atoms with E-state index in [2.05, 4.69) is 36.4 Å². The first-order valence-corrected chi connectivity index (χ1v) is 8.79. The zero-order valence-corrected chi connectivity index (χ0v) is 14.0. The van der Waals surface area contributed by atoms with Crippen LogP contribution in [0.1, 0.15) is 65.7 Å². The van der Waals surface area contributed by atoms with Crippen LogP contribution in [0.3, 0.4) is 0 Å². The molecular formula is C17H33N3O. The van der Waals surface area contributed by atoms with Crippen molar-refractivity contribution in [3.05, 3.63) is 0 Å². The molecule has 4 heteroatoms. The van der Waals surface area contributed by atoms with Crippen LogP contribution in [0.2, 0.25) is 0 Å². The summed E-state index contributed by atoms with van der Waals surface area (Å²) in [4.78, 5) is 4.60. The van der Waals surface area contributed by atoms with E-state index in [9.17, 15) is 5.11 Å². The van der Waals surface area contributed by atoms with Gasteiger partial charge < -0.3 is 15.7 Å². The van der Waals surface area contributed by atoms with Gasteiger partial charge in [-0.15, -0.1) is 0 Å². The molecule has 0 spiro atoms. The molecule has 2 aliphatic carbocycles. The maximum Gasteiger partial charge on any atom is 0.191 e. The fourth-order valence-electron chi connectivity index (χ4n) is 3.41. The molecule has 4 nitrogen and oxygen atoms in total. The first kappa shape index (κ1) is 16.6. The second-order valence-corrected chi connectivity index (χ2v) is 7.27. The fourth-order valence-corrected chi connectivity index (χ4v) is 3.41. The molecule has 21 heavy (non-hydrogen) atoms.